The van der Waals surface area contributed by atoms with E-state index >= 15 is 0 Å². The van der Waals surface area contributed by atoms with Gasteiger partial charge in [-0.3, -0.25) is 14.4 Å². The number of carbonyl (C=O) groups is 3. The van der Waals surface area contributed by atoms with Crippen LogP contribution in [-0.4, -0.2) is 31.0 Å². The summed E-state index contributed by atoms with van der Waals surface area (Å²) in [5.74, 6) is -0.738. The molecule has 0 unspecified atom stereocenters. The van der Waals surface area contributed by atoms with E-state index < -0.39 is 18.5 Å². The lowest BCUT2D eigenvalue weighted by atomic mass is 10.2. The number of halogens is 1. The molecule has 0 saturated heterocycles. The Morgan fingerprint density at radius 2 is 1.69 bits per heavy atom. The van der Waals surface area contributed by atoms with Crippen molar-refractivity contribution >= 4 is 40.8 Å². The largest absolute Gasteiger partial charge is 0.494 e. The monoisotopic (exact) mass is 418 g/mol. The van der Waals surface area contributed by atoms with Crippen molar-refractivity contribution in [2.75, 3.05) is 23.8 Å². The molecule has 0 aliphatic rings. The molecule has 0 bridgehead atoms. The second-order valence-corrected chi connectivity index (χ2v) is 6.53. The average Bonchev–Trinajstić information content (AvgIpc) is 2.70. The Morgan fingerprint density at radius 1 is 0.966 bits per heavy atom. The first kappa shape index (κ1) is 22.2. The number of hydrogen-bond donors (Lipinski definition) is 2. The summed E-state index contributed by atoms with van der Waals surface area (Å²) in [5.41, 5.74) is 1.87. The highest BCUT2D eigenvalue weighted by molar-refractivity contribution is 6.31. The number of ether oxygens (including phenoxy) is 2. The summed E-state index contributed by atoms with van der Waals surface area (Å²) in [7, 11) is 0. The fourth-order valence-corrected chi connectivity index (χ4v) is 2.56. The molecule has 0 aliphatic carbocycles. The van der Waals surface area contributed by atoms with Gasteiger partial charge in [-0.2, -0.15) is 0 Å². The summed E-state index contributed by atoms with van der Waals surface area (Å²) < 4.78 is 10.2. The molecule has 0 heterocycles. The van der Waals surface area contributed by atoms with E-state index in [1.807, 2.05) is 6.92 Å². The van der Waals surface area contributed by atoms with Crippen LogP contribution in [0, 0.1) is 6.92 Å². The first-order chi connectivity index (χ1) is 13.9. The highest BCUT2D eigenvalue weighted by Gasteiger charge is 2.12. The lowest BCUT2D eigenvalue weighted by Crippen LogP contribution is -2.22. The molecule has 2 aromatic rings. The van der Waals surface area contributed by atoms with Crippen molar-refractivity contribution in [2.45, 2.75) is 26.7 Å². The molecule has 154 valence electrons. The van der Waals surface area contributed by atoms with Gasteiger partial charge in [-0.25, -0.2) is 0 Å². The van der Waals surface area contributed by atoms with Gasteiger partial charge in [0.1, 0.15) is 5.75 Å². The highest BCUT2D eigenvalue weighted by Crippen LogP contribution is 2.22. The molecule has 0 aromatic heterocycles. The van der Waals surface area contributed by atoms with Gasteiger partial charge in [0.2, 0.25) is 5.91 Å². The maximum Gasteiger partial charge on any atom is 0.306 e. The van der Waals surface area contributed by atoms with E-state index in [0.717, 1.165) is 5.56 Å². The van der Waals surface area contributed by atoms with E-state index in [-0.39, 0.29) is 18.7 Å². The molecule has 0 atom stereocenters. The Bertz CT molecular complexity index is 868. The van der Waals surface area contributed by atoms with E-state index in [1.165, 1.54) is 0 Å². The molecule has 0 fully saturated rings. The molecule has 2 amide bonds. The Morgan fingerprint density at radius 3 is 2.38 bits per heavy atom. The number of benzene rings is 2. The molecule has 0 radical (unpaired) electrons. The molecule has 0 saturated carbocycles. The average molecular weight is 419 g/mol. The number of esters is 1. The molecular formula is C21H23ClN2O5. The second-order valence-electron chi connectivity index (χ2n) is 6.13. The fourth-order valence-electron chi connectivity index (χ4n) is 2.39. The molecule has 8 heteroatoms. The van der Waals surface area contributed by atoms with Crippen LogP contribution in [0.3, 0.4) is 0 Å². The van der Waals surface area contributed by atoms with Crippen LogP contribution in [0.2, 0.25) is 5.02 Å². The summed E-state index contributed by atoms with van der Waals surface area (Å²) in [6.07, 6.45) is -0.187. The number of carbonyl (C=O) groups excluding carboxylic acids is 3. The van der Waals surface area contributed by atoms with E-state index in [2.05, 4.69) is 10.6 Å². The third-order valence-corrected chi connectivity index (χ3v) is 4.32. The normalized spacial score (nSPS) is 10.2. The Kier molecular flexibility index (Phi) is 8.48. The lowest BCUT2D eigenvalue weighted by Gasteiger charge is -2.10. The molecule has 0 spiro atoms. The zero-order valence-corrected chi connectivity index (χ0v) is 17.0. The zero-order valence-electron chi connectivity index (χ0n) is 16.3. The van der Waals surface area contributed by atoms with Gasteiger partial charge in [-0.15, -0.1) is 0 Å². The van der Waals surface area contributed by atoms with Crippen LogP contribution in [0.15, 0.2) is 42.5 Å². The number of amides is 2. The smallest absolute Gasteiger partial charge is 0.306 e. The Hall–Kier alpha value is -3.06. The minimum Gasteiger partial charge on any atom is -0.494 e. The lowest BCUT2D eigenvalue weighted by molar-refractivity contribution is -0.147. The summed E-state index contributed by atoms with van der Waals surface area (Å²) in [4.78, 5) is 35.6. The van der Waals surface area contributed by atoms with Crippen molar-refractivity contribution in [3.8, 4) is 5.75 Å². The van der Waals surface area contributed by atoms with Gasteiger partial charge in [0.25, 0.3) is 5.91 Å². The van der Waals surface area contributed by atoms with Crippen molar-refractivity contribution in [2.24, 2.45) is 0 Å². The minimum atomic E-state index is -0.634. The van der Waals surface area contributed by atoms with Gasteiger partial charge in [-0.1, -0.05) is 17.7 Å². The van der Waals surface area contributed by atoms with Crippen molar-refractivity contribution in [1.82, 2.24) is 0 Å². The minimum absolute atomic E-state index is 0.0545. The van der Waals surface area contributed by atoms with E-state index in [4.69, 9.17) is 21.1 Å². The first-order valence-electron chi connectivity index (χ1n) is 9.12. The van der Waals surface area contributed by atoms with Crippen LogP contribution in [0.1, 0.15) is 25.3 Å². The van der Waals surface area contributed by atoms with E-state index in [0.29, 0.717) is 28.8 Å². The summed E-state index contributed by atoms with van der Waals surface area (Å²) in [6.45, 7) is 3.78. The van der Waals surface area contributed by atoms with E-state index in [9.17, 15) is 14.4 Å². The fraction of sp³-hybridized carbons (Fsp3) is 0.286. The van der Waals surface area contributed by atoms with Gasteiger partial charge in [0.05, 0.1) is 13.0 Å². The first-order valence-corrected chi connectivity index (χ1v) is 9.50. The van der Waals surface area contributed by atoms with Crippen LogP contribution >= 0.6 is 11.6 Å². The maximum absolute atomic E-state index is 11.9. The SMILES string of the molecule is CCOc1ccc(NC(=O)CCC(=O)OCC(=O)Nc2cccc(Cl)c2C)cc1. The summed E-state index contributed by atoms with van der Waals surface area (Å²) in [6, 6.07) is 12.0. The Labute approximate surface area is 174 Å². The van der Waals surface area contributed by atoms with Gasteiger partial charge < -0.3 is 20.1 Å². The van der Waals surface area contributed by atoms with Gasteiger partial charge in [-0.05, 0) is 55.8 Å². The number of rotatable bonds is 9. The second kappa shape index (κ2) is 11.1. The molecule has 2 aromatic carbocycles. The summed E-state index contributed by atoms with van der Waals surface area (Å²) >= 11 is 5.99. The predicted octanol–water partition coefficient (Wildman–Crippen LogP) is 3.95. The molecule has 2 N–H and O–H groups in total. The predicted molar refractivity (Wildman–Crippen MR) is 111 cm³/mol. The van der Waals surface area contributed by atoms with Crippen molar-refractivity contribution < 1.29 is 23.9 Å². The van der Waals surface area contributed by atoms with E-state index in [1.54, 1.807) is 49.4 Å². The Balaban J connectivity index is 1.70. The van der Waals surface area contributed by atoms with Crippen LogP contribution in [0.25, 0.3) is 0 Å². The maximum atomic E-state index is 11.9. The van der Waals surface area contributed by atoms with Crippen molar-refractivity contribution in [3.05, 3.63) is 53.1 Å². The molecule has 0 aliphatic heterocycles. The third kappa shape index (κ3) is 7.46. The number of nitrogens with one attached hydrogen (secondary N) is 2. The topological polar surface area (TPSA) is 93.7 Å². The third-order valence-electron chi connectivity index (χ3n) is 3.91. The van der Waals surface area contributed by atoms with Crippen LogP contribution < -0.4 is 15.4 Å². The molecule has 2 rings (SSSR count). The number of anilines is 2. The van der Waals surface area contributed by atoms with Gasteiger partial charge >= 0.3 is 5.97 Å². The van der Waals surface area contributed by atoms with Crippen molar-refractivity contribution in [1.29, 1.82) is 0 Å². The highest BCUT2D eigenvalue weighted by atomic mass is 35.5. The van der Waals surface area contributed by atoms with Crippen molar-refractivity contribution in [3.63, 3.8) is 0 Å². The summed E-state index contributed by atoms with van der Waals surface area (Å²) in [5, 5.41) is 5.84. The van der Waals surface area contributed by atoms with Gasteiger partial charge in [0.15, 0.2) is 6.61 Å². The standard InChI is InChI=1S/C21H23ClN2O5/c1-3-28-16-9-7-15(8-10-16)23-19(25)11-12-21(27)29-13-20(26)24-18-6-4-5-17(22)14(18)2/h4-10H,3,11-13H2,1-2H3,(H,23,25)(H,24,26). The van der Waals surface area contributed by atoms with Crippen LogP contribution in [0.5, 0.6) is 5.75 Å². The van der Waals surface area contributed by atoms with Gasteiger partial charge in [0, 0.05) is 22.8 Å². The van der Waals surface area contributed by atoms with Crippen LogP contribution in [0.4, 0.5) is 11.4 Å². The van der Waals surface area contributed by atoms with Crippen LogP contribution in [-0.2, 0) is 19.1 Å². The molecular weight excluding hydrogens is 396 g/mol. The molecule has 7 nitrogen and oxygen atoms in total. The molecule has 29 heavy (non-hydrogen) atoms. The quantitative estimate of drug-likeness (QED) is 0.601. The zero-order chi connectivity index (χ0) is 21.2. The number of hydrogen-bond acceptors (Lipinski definition) is 5.